The molecule has 0 bridgehead atoms. The molecule has 194 valence electrons. The number of methoxy groups -OCH3 is 1. The number of nitrogens with zero attached hydrogens (tertiary/aromatic N) is 1. The van der Waals surface area contributed by atoms with Gasteiger partial charge in [-0.2, -0.15) is 0 Å². The molecule has 1 aliphatic rings. The minimum Gasteiger partial charge on any atom is -0.475 e. The van der Waals surface area contributed by atoms with E-state index in [9.17, 15) is 18.8 Å². The molecule has 2 aromatic rings. The van der Waals surface area contributed by atoms with E-state index in [1.165, 1.54) is 31.9 Å². The summed E-state index contributed by atoms with van der Waals surface area (Å²) in [5.74, 6) is -1.57. The smallest absolute Gasteiger partial charge is 0.349 e. The first-order valence-corrected chi connectivity index (χ1v) is 11.5. The van der Waals surface area contributed by atoms with E-state index in [1.54, 1.807) is 31.3 Å². The van der Waals surface area contributed by atoms with Crippen molar-refractivity contribution in [2.75, 3.05) is 19.1 Å². The Bertz CT molecular complexity index is 1200. The fourth-order valence-electron chi connectivity index (χ4n) is 3.16. The quantitative estimate of drug-likeness (QED) is 0.265. The van der Waals surface area contributed by atoms with E-state index in [0.717, 1.165) is 6.07 Å². The van der Waals surface area contributed by atoms with Crippen LogP contribution in [0.3, 0.4) is 0 Å². The zero-order valence-electron chi connectivity index (χ0n) is 21.1. The summed E-state index contributed by atoms with van der Waals surface area (Å²) >= 11 is 12.0. The van der Waals surface area contributed by atoms with Gasteiger partial charge in [0.05, 0.1) is 17.8 Å². The van der Waals surface area contributed by atoms with Crippen LogP contribution in [0.15, 0.2) is 30.3 Å². The summed E-state index contributed by atoms with van der Waals surface area (Å²) in [6.45, 7) is 8.91. The number of carbonyl (C=O) groups excluding carboxylic acids is 3. The first-order valence-electron chi connectivity index (χ1n) is 10.8. The molecule has 0 radical (unpaired) electrons. The zero-order valence-corrected chi connectivity index (χ0v) is 22.6. The van der Waals surface area contributed by atoms with Gasteiger partial charge in [-0.05, 0) is 58.9 Å². The van der Waals surface area contributed by atoms with Gasteiger partial charge in [0.1, 0.15) is 17.2 Å². The van der Waals surface area contributed by atoms with E-state index in [-0.39, 0.29) is 22.3 Å². The standard InChI is InChI=1S/C21H18Cl2FNO4.C5H10O2/c1-21(2,20(27)28-4)29-18-10-16(24)15(23)8-11(18)7-14-13-6-5-12(22)9-17(13)25(3)19(14)26;1-5(2,3)7-4-6/h5-10H,1-4H3;4H,1-3H3/b14-7+;. The van der Waals surface area contributed by atoms with Crippen LogP contribution in [0.25, 0.3) is 11.6 Å². The van der Waals surface area contributed by atoms with Crippen molar-refractivity contribution in [3.05, 3.63) is 57.3 Å². The van der Waals surface area contributed by atoms with Crippen LogP contribution in [0.1, 0.15) is 45.7 Å². The van der Waals surface area contributed by atoms with Crippen molar-refractivity contribution in [1.29, 1.82) is 0 Å². The first-order chi connectivity index (χ1) is 16.6. The van der Waals surface area contributed by atoms with Gasteiger partial charge in [0.15, 0.2) is 5.60 Å². The summed E-state index contributed by atoms with van der Waals surface area (Å²) in [5.41, 5.74) is 0.321. The maximum atomic E-state index is 14.1. The Balaban J connectivity index is 0.000000572. The summed E-state index contributed by atoms with van der Waals surface area (Å²) in [7, 11) is 2.86. The van der Waals surface area contributed by atoms with Crippen molar-refractivity contribution in [3.8, 4) is 5.75 Å². The van der Waals surface area contributed by atoms with Gasteiger partial charge in [0, 0.05) is 34.8 Å². The van der Waals surface area contributed by atoms with E-state index >= 15 is 0 Å². The minimum atomic E-state index is -1.38. The molecule has 0 saturated heterocycles. The van der Waals surface area contributed by atoms with Gasteiger partial charge >= 0.3 is 5.97 Å². The summed E-state index contributed by atoms with van der Waals surface area (Å²) in [6, 6.07) is 7.51. The Labute approximate surface area is 219 Å². The van der Waals surface area contributed by atoms with Crippen LogP contribution in [0.5, 0.6) is 5.75 Å². The Morgan fingerprint density at radius 2 is 1.72 bits per heavy atom. The van der Waals surface area contributed by atoms with Gasteiger partial charge in [-0.25, -0.2) is 9.18 Å². The Morgan fingerprint density at radius 3 is 2.25 bits per heavy atom. The topological polar surface area (TPSA) is 82.1 Å². The molecule has 2 aromatic carbocycles. The number of anilines is 1. The average Bonchev–Trinajstić information content (AvgIpc) is 3.00. The summed E-state index contributed by atoms with van der Waals surface area (Å²) in [4.78, 5) is 35.8. The van der Waals surface area contributed by atoms with Crippen LogP contribution in [0.4, 0.5) is 10.1 Å². The van der Waals surface area contributed by atoms with Crippen molar-refractivity contribution in [2.45, 2.75) is 45.8 Å². The van der Waals surface area contributed by atoms with E-state index < -0.39 is 17.4 Å². The Morgan fingerprint density at radius 1 is 1.08 bits per heavy atom. The van der Waals surface area contributed by atoms with Gasteiger partial charge in [-0.3, -0.25) is 9.59 Å². The molecule has 0 atom stereocenters. The number of amides is 1. The molecule has 1 heterocycles. The highest BCUT2D eigenvalue weighted by Gasteiger charge is 2.33. The molecule has 7 nitrogen and oxygen atoms in total. The van der Waals surface area contributed by atoms with Crippen LogP contribution in [0, 0.1) is 5.82 Å². The third kappa shape index (κ3) is 6.98. The minimum absolute atomic E-state index is 0.0488. The molecular formula is C26H28Cl2FNO6. The molecule has 3 rings (SSSR count). The van der Waals surface area contributed by atoms with Crippen LogP contribution < -0.4 is 9.64 Å². The van der Waals surface area contributed by atoms with Crippen LogP contribution in [-0.4, -0.2) is 43.7 Å². The second kappa shape index (κ2) is 11.3. The molecule has 1 aliphatic heterocycles. The highest BCUT2D eigenvalue weighted by molar-refractivity contribution is 6.37. The normalized spacial score (nSPS) is 14.1. The van der Waals surface area contributed by atoms with E-state index in [2.05, 4.69) is 4.74 Å². The number of fused-ring (bicyclic) bond motifs is 1. The lowest BCUT2D eigenvalue weighted by Gasteiger charge is -2.24. The largest absolute Gasteiger partial charge is 0.475 e. The van der Waals surface area contributed by atoms with Gasteiger partial charge in [-0.1, -0.05) is 29.3 Å². The molecule has 36 heavy (non-hydrogen) atoms. The Kier molecular flexibility index (Phi) is 9.15. The van der Waals surface area contributed by atoms with Gasteiger partial charge < -0.3 is 19.1 Å². The molecule has 0 aliphatic carbocycles. The number of hydrogen-bond acceptors (Lipinski definition) is 6. The SMILES string of the molecule is CC(C)(C)OC=O.COC(=O)C(C)(C)Oc1cc(F)c(Cl)cc1/C=C1/C(=O)N(C)c2cc(Cl)ccc21. The number of ether oxygens (including phenoxy) is 3. The number of hydrogen-bond donors (Lipinski definition) is 0. The lowest BCUT2D eigenvalue weighted by atomic mass is 10.0. The molecule has 10 heteroatoms. The fourth-order valence-corrected chi connectivity index (χ4v) is 3.50. The molecular weight excluding hydrogens is 512 g/mol. The molecule has 0 fully saturated rings. The monoisotopic (exact) mass is 539 g/mol. The van der Waals surface area contributed by atoms with Crippen molar-refractivity contribution in [3.63, 3.8) is 0 Å². The maximum absolute atomic E-state index is 14.1. The molecule has 1 amide bonds. The second-order valence-corrected chi connectivity index (χ2v) is 10.2. The highest BCUT2D eigenvalue weighted by Crippen LogP contribution is 2.40. The van der Waals surface area contributed by atoms with Crippen LogP contribution >= 0.6 is 23.2 Å². The Hall–Kier alpha value is -3.10. The number of esters is 1. The summed E-state index contributed by atoms with van der Waals surface area (Å²) in [5, 5.41) is 0.355. The average molecular weight is 540 g/mol. The summed E-state index contributed by atoms with van der Waals surface area (Å²) in [6.07, 6.45) is 1.55. The van der Waals surface area contributed by atoms with E-state index in [4.69, 9.17) is 32.7 Å². The van der Waals surface area contributed by atoms with Crippen molar-refractivity contribution in [1.82, 2.24) is 0 Å². The molecule has 0 spiro atoms. The fraction of sp³-hybridized carbons (Fsp3) is 0.346. The first kappa shape index (κ1) is 29.1. The van der Waals surface area contributed by atoms with Crippen molar-refractivity contribution in [2.24, 2.45) is 0 Å². The van der Waals surface area contributed by atoms with Crippen molar-refractivity contribution < 1.29 is 33.0 Å². The third-order valence-corrected chi connectivity index (χ3v) is 5.47. The van der Waals surface area contributed by atoms with Crippen LogP contribution in [0.2, 0.25) is 10.0 Å². The van der Waals surface area contributed by atoms with Gasteiger partial charge in [0.2, 0.25) is 0 Å². The molecule has 0 N–H and O–H groups in total. The number of rotatable bonds is 5. The zero-order chi connectivity index (χ0) is 27.4. The second-order valence-electron chi connectivity index (χ2n) is 9.32. The lowest BCUT2D eigenvalue weighted by molar-refractivity contribution is -0.156. The number of halogens is 3. The number of benzene rings is 2. The van der Waals surface area contributed by atoms with Crippen LogP contribution in [-0.2, 0) is 23.9 Å². The van der Waals surface area contributed by atoms with E-state index in [0.29, 0.717) is 33.9 Å². The third-order valence-electron chi connectivity index (χ3n) is 4.94. The summed E-state index contributed by atoms with van der Waals surface area (Å²) < 4.78 is 29.1. The maximum Gasteiger partial charge on any atom is 0.349 e. The molecule has 0 aromatic heterocycles. The van der Waals surface area contributed by atoms with Gasteiger partial charge in [-0.15, -0.1) is 0 Å². The molecule has 0 saturated carbocycles. The highest BCUT2D eigenvalue weighted by atomic mass is 35.5. The molecule has 0 unspecified atom stereocenters. The van der Waals surface area contributed by atoms with Crippen molar-refractivity contribution >= 4 is 58.9 Å². The number of carbonyl (C=O) groups is 3. The lowest BCUT2D eigenvalue weighted by Crippen LogP contribution is -2.39. The van der Waals surface area contributed by atoms with E-state index in [1.807, 2.05) is 20.8 Å². The predicted molar refractivity (Wildman–Crippen MR) is 138 cm³/mol. The van der Waals surface area contributed by atoms with Gasteiger partial charge in [0.25, 0.3) is 12.4 Å². The number of likely N-dealkylation sites (N-methyl/N-ethyl adjacent to an activating group) is 1. The predicted octanol–water partition coefficient (Wildman–Crippen LogP) is 5.94.